The number of methoxy groups -OCH3 is 3. The minimum absolute atomic E-state index is 0.113. The number of aromatic nitrogens is 3. The molecular formula is C27H24N6O7S. The highest BCUT2D eigenvalue weighted by Gasteiger charge is 2.21. The van der Waals surface area contributed by atoms with Crippen molar-refractivity contribution in [2.24, 2.45) is 0 Å². The van der Waals surface area contributed by atoms with Gasteiger partial charge in [0, 0.05) is 41.2 Å². The van der Waals surface area contributed by atoms with E-state index in [1.54, 1.807) is 30.3 Å². The zero-order chi connectivity index (χ0) is 29.1. The average molecular weight is 577 g/mol. The quantitative estimate of drug-likeness (QED) is 0.220. The smallest absolute Gasteiger partial charge is 0.291 e. The van der Waals surface area contributed by atoms with Crippen molar-refractivity contribution in [1.82, 2.24) is 15.1 Å². The molecule has 0 spiro atoms. The normalized spacial score (nSPS) is 10.7. The Bertz CT molecular complexity index is 1770. The summed E-state index contributed by atoms with van der Waals surface area (Å²) in [6.07, 6.45) is 1.16. The second-order valence-electron chi connectivity index (χ2n) is 8.51. The van der Waals surface area contributed by atoms with Crippen molar-refractivity contribution in [1.29, 1.82) is 0 Å². The molecule has 13 nitrogen and oxygen atoms in total. The van der Waals surface area contributed by atoms with Crippen molar-refractivity contribution in [3.05, 3.63) is 70.3 Å². The number of aryl methyl sites for hydroxylation is 1. The van der Waals surface area contributed by atoms with E-state index in [9.17, 15) is 9.59 Å². The van der Waals surface area contributed by atoms with E-state index in [0.29, 0.717) is 44.2 Å². The number of rotatable bonds is 9. The number of nitrogens with one attached hydrogen (secondary N) is 2. The van der Waals surface area contributed by atoms with Gasteiger partial charge >= 0.3 is 0 Å². The van der Waals surface area contributed by atoms with E-state index < -0.39 is 5.91 Å². The third-order valence-electron chi connectivity index (χ3n) is 5.85. The minimum Gasteiger partial charge on any atom is -0.493 e. The van der Waals surface area contributed by atoms with E-state index in [1.807, 2.05) is 6.92 Å². The predicted molar refractivity (Wildman–Crippen MR) is 152 cm³/mol. The molecule has 0 bridgehead atoms. The number of carbonyl (C=O) groups is 1. The van der Waals surface area contributed by atoms with Gasteiger partial charge in [-0.15, -0.1) is 0 Å². The zero-order valence-corrected chi connectivity index (χ0v) is 23.1. The van der Waals surface area contributed by atoms with E-state index >= 15 is 0 Å². The van der Waals surface area contributed by atoms with Gasteiger partial charge in [-0.25, -0.2) is 4.98 Å². The maximum absolute atomic E-state index is 12.5. The van der Waals surface area contributed by atoms with Gasteiger partial charge in [0.1, 0.15) is 10.7 Å². The Balaban J connectivity index is 1.38. The number of benzene rings is 2. The lowest BCUT2D eigenvalue weighted by Crippen LogP contribution is -2.14. The fraction of sp³-hybridized carbons (Fsp3) is 0.148. The highest BCUT2D eigenvalue weighted by atomic mass is 32.1. The van der Waals surface area contributed by atoms with E-state index in [2.05, 4.69) is 25.8 Å². The van der Waals surface area contributed by atoms with Crippen LogP contribution < -0.4 is 36.0 Å². The zero-order valence-electron chi connectivity index (χ0n) is 22.3. The Morgan fingerprint density at radius 3 is 2.41 bits per heavy atom. The number of hydrogen-bond donors (Lipinski definition) is 3. The molecule has 3 heterocycles. The molecule has 0 aliphatic rings. The first-order valence-corrected chi connectivity index (χ1v) is 12.8. The second-order valence-corrected chi connectivity index (χ2v) is 9.51. The van der Waals surface area contributed by atoms with Crippen LogP contribution in [0, 0.1) is 6.92 Å². The molecule has 0 saturated heterocycles. The third-order valence-corrected chi connectivity index (χ3v) is 6.83. The lowest BCUT2D eigenvalue weighted by molar-refractivity contribution is 0.0994. The summed E-state index contributed by atoms with van der Waals surface area (Å²) in [5, 5.41) is 10.5. The van der Waals surface area contributed by atoms with Gasteiger partial charge in [-0.1, -0.05) is 22.6 Å². The first-order valence-electron chi connectivity index (χ1n) is 12.0. The van der Waals surface area contributed by atoms with Crippen molar-refractivity contribution >= 4 is 39.6 Å². The summed E-state index contributed by atoms with van der Waals surface area (Å²) >= 11 is 1.22. The molecular weight excluding hydrogens is 552 g/mol. The van der Waals surface area contributed by atoms with Gasteiger partial charge in [0.05, 0.1) is 27.6 Å². The molecule has 1 amide bonds. The number of nitrogens with zero attached hydrogens (tertiary/aromatic N) is 3. The van der Waals surface area contributed by atoms with Crippen LogP contribution >= 0.6 is 11.3 Å². The Hall–Kier alpha value is -5.37. The van der Waals surface area contributed by atoms with Gasteiger partial charge in [0.15, 0.2) is 27.8 Å². The number of nitrogen functional groups attached to an aromatic ring is 1. The molecule has 2 aromatic carbocycles. The van der Waals surface area contributed by atoms with E-state index in [-0.39, 0.29) is 28.7 Å². The average Bonchev–Trinajstić information content (AvgIpc) is 3.59. The molecule has 3 aromatic heterocycles. The van der Waals surface area contributed by atoms with Crippen LogP contribution in [0.1, 0.15) is 16.1 Å². The van der Waals surface area contributed by atoms with E-state index in [0.717, 1.165) is 17.9 Å². The largest absolute Gasteiger partial charge is 0.493 e. The summed E-state index contributed by atoms with van der Waals surface area (Å²) in [6, 6.07) is 11.0. The summed E-state index contributed by atoms with van der Waals surface area (Å²) in [5.74, 6) is 1.38. The summed E-state index contributed by atoms with van der Waals surface area (Å²) in [7, 11) is 4.59. The molecule has 41 heavy (non-hydrogen) atoms. The van der Waals surface area contributed by atoms with Gasteiger partial charge in [0.25, 0.3) is 11.8 Å². The Morgan fingerprint density at radius 1 is 0.976 bits per heavy atom. The van der Waals surface area contributed by atoms with Crippen molar-refractivity contribution in [3.8, 4) is 39.4 Å². The van der Waals surface area contributed by atoms with E-state index in [4.69, 9.17) is 28.9 Å². The van der Waals surface area contributed by atoms with Crippen LogP contribution in [-0.4, -0.2) is 42.4 Å². The number of thiazole rings is 1. The first kappa shape index (κ1) is 27.2. The molecule has 4 N–H and O–H groups in total. The molecule has 210 valence electrons. The molecule has 0 atom stereocenters. The third kappa shape index (κ3) is 5.67. The molecule has 0 aliphatic heterocycles. The number of carbonyl (C=O) groups excluding carboxylic acids is 1. The van der Waals surface area contributed by atoms with Crippen molar-refractivity contribution < 1.29 is 27.9 Å². The highest BCUT2D eigenvalue weighted by Crippen LogP contribution is 2.42. The van der Waals surface area contributed by atoms with Crippen LogP contribution in [0.2, 0.25) is 0 Å². The van der Waals surface area contributed by atoms with Crippen LogP contribution in [0.3, 0.4) is 0 Å². The van der Waals surface area contributed by atoms with Gasteiger partial charge < -0.3 is 39.5 Å². The molecule has 0 fully saturated rings. The van der Waals surface area contributed by atoms with Gasteiger partial charge in [-0.2, -0.15) is 4.98 Å². The first-order chi connectivity index (χ1) is 19.8. The van der Waals surface area contributed by atoms with Crippen molar-refractivity contribution in [2.75, 3.05) is 37.7 Å². The molecule has 0 radical (unpaired) electrons. The molecule has 5 rings (SSSR count). The maximum Gasteiger partial charge on any atom is 0.291 e. The maximum atomic E-state index is 12.5. The number of amides is 1. The van der Waals surface area contributed by atoms with Gasteiger partial charge in [-0.05, 0) is 24.6 Å². The van der Waals surface area contributed by atoms with Crippen LogP contribution in [-0.2, 0) is 0 Å². The fourth-order valence-electron chi connectivity index (χ4n) is 3.88. The Morgan fingerprint density at radius 2 is 1.73 bits per heavy atom. The van der Waals surface area contributed by atoms with Crippen molar-refractivity contribution in [3.63, 3.8) is 0 Å². The van der Waals surface area contributed by atoms with Crippen molar-refractivity contribution in [2.45, 2.75) is 6.92 Å². The van der Waals surface area contributed by atoms with Crippen LogP contribution in [0.5, 0.6) is 17.2 Å². The topological polar surface area (TPSA) is 177 Å². The lowest BCUT2D eigenvalue weighted by Gasteiger charge is -2.14. The number of nitrogens with two attached hydrogens (primary N) is 1. The summed E-state index contributed by atoms with van der Waals surface area (Å²) in [6.45, 7) is 1.87. The minimum atomic E-state index is -0.573. The fourth-order valence-corrected chi connectivity index (χ4v) is 4.71. The number of ether oxygens (including phenoxy) is 3. The number of anilines is 4. The van der Waals surface area contributed by atoms with Crippen LogP contribution in [0.15, 0.2) is 62.5 Å². The molecule has 14 heteroatoms. The summed E-state index contributed by atoms with van der Waals surface area (Å²) in [5.41, 5.74) is 8.39. The van der Waals surface area contributed by atoms with Gasteiger partial charge in [-0.3, -0.25) is 9.59 Å². The molecule has 5 aromatic rings. The Kier molecular flexibility index (Phi) is 7.56. The second kappa shape index (κ2) is 11.4. The monoisotopic (exact) mass is 576 g/mol. The lowest BCUT2D eigenvalue weighted by atomic mass is 10.1. The number of hydrogen-bond acceptors (Lipinski definition) is 13. The van der Waals surface area contributed by atoms with Crippen LogP contribution in [0.4, 0.5) is 22.3 Å². The Labute approximate surface area is 236 Å². The standard InChI is InChI=1S/C27H24N6O7S/c1-13-5-6-14(29-25(35)20-12-16(34)7-8-39-20)9-17(13)24-32-26(40-33-24)22-23(28)31-27(41-22)30-15-10-18(36-2)21(38-4)19(11-15)37-3/h5-12H,28H2,1-4H3,(H,29,35)(H,30,31). The molecule has 0 saturated carbocycles. The molecule has 0 unspecified atom stereocenters. The summed E-state index contributed by atoms with van der Waals surface area (Å²) in [4.78, 5) is 33.4. The van der Waals surface area contributed by atoms with Gasteiger partial charge in [0.2, 0.25) is 11.6 Å². The van der Waals surface area contributed by atoms with Crippen LogP contribution in [0.25, 0.3) is 22.2 Å². The predicted octanol–water partition coefficient (Wildman–Crippen LogP) is 4.73. The van der Waals surface area contributed by atoms with E-state index in [1.165, 1.54) is 38.7 Å². The summed E-state index contributed by atoms with van der Waals surface area (Å²) < 4.78 is 26.8. The SMILES string of the molecule is COc1cc(Nc2nc(N)c(-c3nc(-c4cc(NC(=O)c5cc(=O)cco5)ccc4C)no3)s2)cc(OC)c1OC. The highest BCUT2D eigenvalue weighted by molar-refractivity contribution is 7.19. The molecule has 0 aliphatic carbocycles.